The molecule has 0 bridgehead atoms. The first-order valence-electron chi connectivity index (χ1n) is 8.28. The number of carbonyl (C=O) groups is 1. The molecule has 128 valence electrons. The zero-order chi connectivity index (χ0) is 17.6. The number of halogens is 1. The molecule has 0 saturated carbocycles. The van der Waals surface area contributed by atoms with Crippen LogP contribution in [0, 0.1) is 0 Å². The standard InChI is InChI=1S/C18H17ClN4OS/c1-9(2)17-22-23-18(25-17)21-16(24)15-11-4-3-5-13(11)20-14-7-6-10(19)8-12(14)15/h6-9H,3-5H2,1-2H3,(H,21,23,24). The summed E-state index contributed by atoms with van der Waals surface area (Å²) in [5.74, 6) is 0.118. The molecule has 5 nitrogen and oxygen atoms in total. The number of aromatic nitrogens is 3. The minimum absolute atomic E-state index is 0.167. The zero-order valence-corrected chi connectivity index (χ0v) is 15.5. The minimum Gasteiger partial charge on any atom is -0.296 e. The van der Waals surface area contributed by atoms with E-state index in [1.54, 1.807) is 6.07 Å². The third-order valence-corrected chi connectivity index (χ3v) is 5.73. The van der Waals surface area contributed by atoms with Gasteiger partial charge in [-0.05, 0) is 43.0 Å². The van der Waals surface area contributed by atoms with Gasteiger partial charge in [0.2, 0.25) is 5.13 Å². The van der Waals surface area contributed by atoms with E-state index in [0.29, 0.717) is 15.7 Å². The van der Waals surface area contributed by atoms with Crippen molar-refractivity contribution in [3.63, 3.8) is 0 Å². The molecule has 1 aromatic carbocycles. The van der Waals surface area contributed by atoms with Gasteiger partial charge in [0.15, 0.2) is 0 Å². The number of nitrogens with zero attached hydrogens (tertiary/aromatic N) is 3. The summed E-state index contributed by atoms with van der Waals surface area (Å²) in [5, 5.41) is 13.9. The highest BCUT2D eigenvalue weighted by Gasteiger charge is 2.24. The van der Waals surface area contributed by atoms with Gasteiger partial charge in [0.25, 0.3) is 5.91 Å². The quantitative estimate of drug-likeness (QED) is 0.729. The van der Waals surface area contributed by atoms with E-state index in [0.717, 1.165) is 46.4 Å². The number of anilines is 1. The van der Waals surface area contributed by atoms with Crippen molar-refractivity contribution in [3.8, 4) is 0 Å². The molecule has 2 heterocycles. The first-order chi connectivity index (χ1) is 12.0. The number of hydrogen-bond acceptors (Lipinski definition) is 5. The van der Waals surface area contributed by atoms with Crippen LogP contribution in [0.3, 0.4) is 0 Å². The summed E-state index contributed by atoms with van der Waals surface area (Å²) in [6.07, 6.45) is 2.79. The SMILES string of the molecule is CC(C)c1nnc(NC(=O)c2c3c(nc4ccc(Cl)cc24)CCC3)s1. The Kier molecular flexibility index (Phi) is 4.17. The van der Waals surface area contributed by atoms with Crippen LogP contribution in [0.5, 0.6) is 0 Å². The molecule has 1 amide bonds. The fraction of sp³-hybridized carbons (Fsp3) is 0.333. The molecule has 0 fully saturated rings. The summed E-state index contributed by atoms with van der Waals surface area (Å²) >= 11 is 7.57. The third kappa shape index (κ3) is 3.00. The van der Waals surface area contributed by atoms with Crippen LogP contribution < -0.4 is 5.32 Å². The first kappa shape index (κ1) is 16.4. The van der Waals surface area contributed by atoms with Crippen molar-refractivity contribution in [2.45, 2.75) is 39.0 Å². The van der Waals surface area contributed by atoms with Gasteiger partial charge in [-0.3, -0.25) is 15.1 Å². The van der Waals surface area contributed by atoms with E-state index in [2.05, 4.69) is 29.4 Å². The Labute approximate surface area is 154 Å². The van der Waals surface area contributed by atoms with Crippen molar-refractivity contribution in [2.24, 2.45) is 0 Å². The molecule has 1 aliphatic carbocycles. The number of rotatable bonds is 3. The molecule has 2 aromatic heterocycles. The molecule has 7 heteroatoms. The number of benzene rings is 1. The lowest BCUT2D eigenvalue weighted by molar-refractivity contribution is 0.102. The highest BCUT2D eigenvalue weighted by atomic mass is 35.5. The smallest absolute Gasteiger partial charge is 0.258 e. The number of hydrogen-bond donors (Lipinski definition) is 1. The average Bonchev–Trinajstić information content (AvgIpc) is 3.21. The summed E-state index contributed by atoms with van der Waals surface area (Å²) in [6.45, 7) is 4.11. The maximum absolute atomic E-state index is 13.0. The van der Waals surface area contributed by atoms with Crippen LogP contribution in [0.15, 0.2) is 18.2 Å². The third-order valence-electron chi connectivity index (χ3n) is 4.36. The van der Waals surface area contributed by atoms with E-state index < -0.39 is 0 Å². The predicted octanol–water partition coefficient (Wildman–Crippen LogP) is 4.60. The van der Waals surface area contributed by atoms with Crippen LogP contribution in [-0.4, -0.2) is 21.1 Å². The van der Waals surface area contributed by atoms with Gasteiger partial charge in [0, 0.05) is 22.0 Å². The molecule has 0 atom stereocenters. The molecule has 4 rings (SSSR count). The average molecular weight is 373 g/mol. The van der Waals surface area contributed by atoms with Gasteiger partial charge in [0.05, 0.1) is 11.1 Å². The van der Waals surface area contributed by atoms with Gasteiger partial charge in [0.1, 0.15) is 5.01 Å². The molecule has 0 saturated heterocycles. The Hall–Kier alpha value is -2.05. The van der Waals surface area contributed by atoms with E-state index in [-0.39, 0.29) is 11.8 Å². The van der Waals surface area contributed by atoms with Crippen LogP contribution in [0.2, 0.25) is 5.02 Å². The minimum atomic E-state index is -0.167. The van der Waals surface area contributed by atoms with Gasteiger partial charge >= 0.3 is 0 Å². The Morgan fingerprint density at radius 2 is 2.12 bits per heavy atom. The van der Waals surface area contributed by atoms with Crippen molar-refractivity contribution >= 4 is 44.9 Å². The number of amides is 1. The summed E-state index contributed by atoms with van der Waals surface area (Å²) in [4.78, 5) is 17.7. The number of pyridine rings is 1. The number of fused-ring (bicyclic) bond motifs is 2. The Bertz CT molecular complexity index is 983. The lowest BCUT2D eigenvalue weighted by Gasteiger charge is -2.12. The van der Waals surface area contributed by atoms with E-state index in [1.165, 1.54) is 11.3 Å². The van der Waals surface area contributed by atoms with E-state index in [1.807, 2.05) is 12.1 Å². The van der Waals surface area contributed by atoms with Gasteiger partial charge in [-0.25, -0.2) is 0 Å². The van der Waals surface area contributed by atoms with Crippen LogP contribution in [-0.2, 0) is 12.8 Å². The van der Waals surface area contributed by atoms with Crippen molar-refractivity contribution < 1.29 is 4.79 Å². The monoisotopic (exact) mass is 372 g/mol. The molecule has 0 aliphatic heterocycles. The Morgan fingerprint density at radius 3 is 2.88 bits per heavy atom. The lowest BCUT2D eigenvalue weighted by Crippen LogP contribution is -2.15. The summed E-state index contributed by atoms with van der Waals surface area (Å²) in [6, 6.07) is 5.49. The molecule has 1 N–H and O–H groups in total. The van der Waals surface area contributed by atoms with Crippen LogP contribution in [0.25, 0.3) is 10.9 Å². The molecular weight excluding hydrogens is 356 g/mol. The fourth-order valence-electron chi connectivity index (χ4n) is 3.17. The first-order valence-corrected chi connectivity index (χ1v) is 9.48. The van der Waals surface area contributed by atoms with Crippen LogP contribution >= 0.6 is 22.9 Å². The highest BCUT2D eigenvalue weighted by molar-refractivity contribution is 7.15. The second-order valence-corrected chi connectivity index (χ2v) is 7.93. The van der Waals surface area contributed by atoms with Gasteiger partial charge in [-0.1, -0.05) is 36.8 Å². The molecule has 25 heavy (non-hydrogen) atoms. The summed E-state index contributed by atoms with van der Waals surface area (Å²) in [7, 11) is 0. The molecule has 3 aromatic rings. The molecule has 0 radical (unpaired) electrons. The largest absolute Gasteiger partial charge is 0.296 e. The molecule has 1 aliphatic rings. The maximum atomic E-state index is 13.0. The van der Waals surface area contributed by atoms with E-state index >= 15 is 0 Å². The van der Waals surface area contributed by atoms with E-state index in [9.17, 15) is 4.79 Å². The normalized spacial score (nSPS) is 13.4. The summed E-state index contributed by atoms with van der Waals surface area (Å²) < 4.78 is 0. The van der Waals surface area contributed by atoms with Gasteiger partial charge < -0.3 is 0 Å². The second-order valence-electron chi connectivity index (χ2n) is 6.48. The summed E-state index contributed by atoms with van der Waals surface area (Å²) in [5.41, 5.74) is 3.51. The molecule has 0 spiro atoms. The van der Waals surface area contributed by atoms with E-state index in [4.69, 9.17) is 16.6 Å². The molecular formula is C18H17ClN4OS. The maximum Gasteiger partial charge on any atom is 0.258 e. The van der Waals surface area contributed by atoms with Crippen molar-refractivity contribution in [2.75, 3.05) is 5.32 Å². The van der Waals surface area contributed by atoms with Crippen molar-refractivity contribution in [1.29, 1.82) is 0 Å². The topological polar surface area (TPSA) is 67.8 Å². The Morgan fingerprint density at radius 1 is 1.28 bits per heavy atom. The van der Waals surface area contributed by atoms with Crippen molar-refractivity contribution in [3.05, 3.63) is 45.1 Å². The second kappa shape index (κ2) is 6.35. The van der Waals surface area contributed by atoms with Gasteiger partial charge in [-0.15, -0.1) is 10.2 Å². The van der Waals surface area contributed by atoms with Crippen molar-refractivity contribution in [1.82, 2.24) is 15.2 Å². The van der Waals surface area contributed by atoms with Gasteiger partial charge in [-0.2, -0.15) is 0 Å². The predicted molar refractivity (Wildman–Crippen MR) is 101 cm³/mol. The Balaban J connectivity index is 1.79. The molecule has 0 unspecified atom stereocenters. The fourth-order valence-corrected chi connectivity index (χ4v) is 4.08. The van der Waals surface area contributed by atoms with Crippen LogP contribution in [0.4, 0.5) is 5.13 Å². The highest BCUT2D eigenvalue weighted by Crippen LogP contribution is 2.32. The number of carbonyl (C=O) groups excluding carboxylic acids is 1. The zero-order valence-electron chi connectivity index (χ0n) is 14.0. The van der Waals surface area contributed by atoms with Crippen LogP contribution in [0.1, 0.15) is 52.8 Å². The number of aryl methyl sites for hydroxylation is 1. The number of nitrogens with one attached hydrogen (secondary N) is 1. The lowest BCUT2D eigenvalue weighted by atomic mass is 10.0.